The second-order valence-electron chi connectivity index (χ2n) is 5.90. The first-order chi connectivity index (χ1) is 13.0. The molecule has 1 atom stereocenters. The zero-order chi connectivity index (χ0) is 19.4. The summed E-state index contributed by atoms with van der Waals surface area (Å²) in [6, 6.07) is 11.2. The number of benzene rings is 2. The summed E-state index contributed by atoms with van der Waals surface area (Å²) in [6.45, 7) is 3.77. The highest BCUT2D eigenvalue weighted by atomic mass is 32.2. The van der Waals surface area contributed by atoms with Crippen LogP contribution in [0.15, 0.2) is 47.6 Å². The molecule has 3 aromatic rings. The van der Waals surface area contributed by atoms with Crippen LogP contribution in [0.1, 0.15) is 19.4 Å². The fourth-order valence-corrected chi connectivity index (χ4v) is 3.08. The van der Waals surface area contributed by atoms with E-state index in [2.05, 4.69) is 27.4 Å². The highest BCUT2D eigenvalue weighted by Gasteiger charge is 2.18. The third-order valence-corrected chi connectivity index (χ3v) is 4.90. The second kappa shape index (κ2) is 8.30. The van der Waals surface area contributed by atoms with E-state index < -0.39 is 16.9 Å². The van der Waals surface area contributed by atoms with Gasteiger partial charge in [-0.05, 0) is 31.0 Å². The lowest BCUT2D eigenvalue weighted by Crippen LogP contribution is -2.22. The summed E-state index contributed by atoms with van der Waals surface area (Å²) in [5.41, 5.74) is 2.33. The number of halogens is 2. The van der Waals surface area contributed by atoms with Crippen LogP contribution in [0.5, 0.6) is 0 Å². The van der Waals surface area contributed by atoms with E-state index in [-0.39, 0.29) is 11.6 Å². The average molecular weight is 388 g/mol. The predicted octanol–water partition coefficient (Wildman–Crippen LogP) is 4.43. The number of rotatable bonds is 6. The highest BCUT2D eigenvalue weighted by Crippen LogP contribution is 2.24. The maximum absolute atomic E-state index is 13.2. The van der Waals surface area contributed by atoms with Gasteiger partial charge in [-0.1, -0.05) is 43.0 Å². The van der Waals surface area contributed by atoms with Gasteiger partial charge in [-0.15, -0.1) is 5.10 Å². The van der Waals surface area contributed by atoms with Gasteiger partial charge in [0.25, 0.3) is 0 Å². The Morgan fingerprint density at radius 1 is 1.19 bits per heavy atom. The SMILES string of the molecule is CCc1ccc(-c2nc(S[C@@H](C)C(=O)Nc3ccc(F)c(F)c3)n[nH]2)cc1. The average Bonchev–Trinajstić information content (AvgIpc) is 3.13. The molecule has 0 radical (unpaired) electrons. The molecule has 0 spiro atoms. The Bertz CT molecular complexity index is 943. The Hall–Kier alpha value is -2.74. The van der Waals surface area contributed by atoms with Crippen LogP contribution in [0.3, 0.4) is 0 Å². The summed E-state index contributed by atoms with van der Waals surface area (Å²) in [4.78, 5) is 16.6. The zero-order valence-corrected chi connectivity index (χ0v) is 15.6. The zero-order valence-electron chi connectivity index (χ0n) is 14.8. The minimum absolute atomic E-state index is 0.193. The molecular formula is C19H18F2N4OS. The second-order valence-corrected chi connectivity index (χ2v) is 7.20. The number of H-pyrrole nitrogens is 1. The molecule has 1 aromatic heterocycles. The van der Waals surface area contributed by atoms with Crippen molar-refractivity contribution in [2.45, 2.75) is 30.7 Å². The standard InChI is InChI=1S/C19H18F2N4OS/c1-3-12-4-6-13(7-5-12)17-23-19(25-24-17)27-11(2)18(26)22-14-8-9-15(20)16(21)10-14/h4-11H,3H2,1-2H3,(H,22,26)(H,23,24,25)/t11-/m0/s1. The number of aromatic nitrogens is 3. The molecule has 8 heteroatoms. The molecule has 0 saturated carbocycles. The summed E-state index contributed by atoms with van der Waals surface area (Å²) in [6.07, 6.45) is 0.961. The van der Waals surface area contributed by atoms with Gasteiger partial charge in [0, 0.05) is 17.3 Å². The molecule has 3 rings (SSSR count). The van der Waals surface area contributed by atoms with Crippen molar-refractivity contribution in [3.8, 4) is 11.4 Å². The van der Waals surface area contributed by atoms with Crippen LogP contribution in [-0.4, -0.2) is 26.3 Å². The van der Waals surface area contributed by atoms with Crippen molar-refractivity contribution in [2.24, 2.45) is 0 Å². The van der Waals surface area contributed by atoms with Crippen molar-refractivity contribution in [2.75, 3.05) is 5.32 Å². The molecule has 0 aliphatic carbocycles. The molecule has 140 valence electrons. The molecule has 0 aliphatic rings. The Kier molecular flexibility index (Phi) is 5.85. The van der Waals surface area contributed by atoms with E-state index in [1.165, 1.54) is 23.4 Å². The Labute approximate surface area is 159 Å². The Morgan fingerprint density at radius 2 is 1.93 bits per heavy atom. The van der Waals surface area contributed by atoms with Crippen molar-refractivity contribution >= 4 is 23.4 Å². The number of anilines is 1. The molecule has 2 N–H and O–H groups in total. The molecular weight excluding hydrogens is 370 g/mol. The van der Waals surface area contributed by atoms with Gasteiger partial charge in [-0.25, -0.2) is 13.8 Å². The van der Waals surface area contributed by atoms with Crippen LogP contribution in [0.4, 0.5) is 14.5 Å². The summed E-state index contributed by atoms with van der Waals surface area (Å²) >= 11 is 1.17. The first-order valence-electron chi connectivity index (χ1n) is 8.40. The number of carbonyl (C=O) groups excluding carboxylic acids is 1. The van der Waals surface area contributed by atoms with Gasteiger partial charge < -0.3 is 5.32 Å². The maximum Gasteiger partial charge on any atom is 0.237 e. The van der Waals surface area contributed by atoms with Crippen molar-refractivity contribution in [1.82, 2.24) is 15.2 Å². The molecule has 27 heavy (non-hydrogen) atoms. The first-order valence-corrected chi connectivity index (χ1v) is 9.28. The topological polar surface area (TPSA) is 70.7 Å². The normalized spacial score (nSPS) is 12.0. The maximum atomic E-state index is 13.2. The minimum Gasteiger partial charge on any atom is -0.325 e. The number of thioether (sulfide) groups is 1. The number of hydrogen-bond acceptors (Lipinski definition) is 4. The van der Waals surface area contributed by atoms with Crippen molar-refractivity contribution < 1.29 is 13.6 Å². The number of amides is 1. The molecule has 1 heterocycles. The molecule has 5 nitrogen and oxygen atoms in total. The lowest BCUT2D eigenvalue weighted by Gasteiger charge is -2.10. The van der Waals surface area contributed by atoms with Crippen LogP contribution in [-0.2, 0) is 11.2 Å². The number of nitrogens with zero attached hydrogens (tertiary/aromatic N) is 2. The third-order valence-electron chi connectivity index (χ3n) is 3.94. The molecule has 0 saturated heterocycles. The van der Waals surface area contributed by atoms with Gasteiger partial charge in [0.05, 0.1) is 5.25 Å². The first kappa shape index (κ1) is 19.0. The minimum atomic E-state index is -1.01. The van der Waals surface area contributed by atoms with Gasteiger partial charge >= 0.3 is 0 Å². The smallest absolute Gasteiger partial charge is 0.237 e. The predicted molar refractivity (Wildman–Crippen MR) is 102 cm³/mol. The number of hydrogen-bond donors (Lipinski definition) is 2. The van der Waals surface area contributed by atoms with E-state index in [1.807, 2.05) is 24.3 Å². The highest BCUT2D eigenvalue weighted by molar-refractivity contribution is 8.00. The van der Waals surface area contributed by atoms with E-state index in [9.17, 15) is 13.6 Å². The largest absolute Gasteiger partial charge is 0.325 e. The monoisotopic (exact) mass is 388 g/mol. The third kappa shape index (κ3) is 4.71. The van der Waals surface area contributed by atoms with E-state index in [4.69, 9.17) is 0 Å². The summed E-state index contributed by atoms with van der Waals surface area (Å²) in [7, 11) is 0. The van der Waals surface area contributed by atoms with Crippen LogP contribution in [0, 0.1) is 11.6 Å². The fourth-order valence-electron chi connectivity index (χ4n) is 2.36. The van der Waals surface area contributed by atoms with Crippen molar-refractivity contribution in [1.29, 1.82) is 0 Å². The molecule has 0 bridgehead atoms. The molecule has 0 fully saturated rings. The molecule has 0 unspecified atom stereocenters. The van der Waals surface area contributed by atoms with Gasteiger partial charge in [0.15, 0.2) is 17.5 Å². The van der Waals surface area contributed by atoms with Gasteiger partial charge in [-0.3, -0.25) is 9.89 Å². The quantitative estimate of drug-likeness (QED) is 0.613. The summed E-state index contributed by atoms with van der Waals surface area (Å²) < 4.78 is 26.2. The molecule has 1 amide bonds. The lowest BCUT2D eigenvalue weighted by atomic mass is 10.1. The number of carbonyl (C=O) groups is 1. The Morgan fingerprint density at radius 3 is 2.59 bits per heavy atom. The van der Waals surface area contributed by atoms with Gasteiger partial charge in [-0.2, -0.15) is 0 Å². The summed E-state index contributed by atoms with van der Waals surface area (Å²) in [5.74, 6) is -1.71. The summed E-state index contributed by atoms with van der Waals surface area (Å²) in [5, 5.41) is 9.44. The lowest BCUT2D eigenvalue weighted by molar-refractivity contribution is -0.115. The van der Waals surface area contributed by atoms with Crippen LogP contribution >= 0.6 is 11.8 Å². The number of aromatic amines is 1. The molecule has 2 aromatic carbocycles. The van der Waals surface area contributed by atoms with Crippen molar-refractivity contribution in [3.63, 3.8) is 0 Å². The fraction of sp³-hybridized carbons (Fsp3) is 0.211. The number of aryl methyl sites for hydroxylation is 1. The van der Waals surface area contributed by atoms with Gasteiger partial charge in [0.2, 0.25) is 11.1 Å². The molecule has 0 aliphatic heterocycles. The van der Waals surface area contributed by atoms with Crippen LogP contribution in [0.2, 0.25) is 0 Å². The van der Waals surface area contributed by atoms with Crippen LogP contribution < -0.4 is 5.32 Å². The van der Waals surface area contributed by atoms with E-state index in [1.54, 1.807) is 6.92 Å². The van der Waals surface area contributed by atoms with E-state index >= 15 is 0 Å². The van der Waals surface area contributed by atoms with Crippen molar-refractivity contribution in [3.05, 3.63) is 59.7 Å². The van der Waals surface area contributed by atoms with Gasteiger partial charge in [0.1, 0.15) is 0 Å². The van der Waals surface area contributed by atoms with Crippen LogP contribution in [0.25, 0.3) is 11.4 Å². The van der Waals surface area contributed by atoms with E-state index in [0.29, 0.717) is 11.0 Å². The van der Waals surface area contributed by atoms with E-state index in [0.717, 1.165) is 24.1 Å². The number of nitrogens with one attached hydrogen (secondary N) is 2. The Balaban J connectivity index is 1.63.